The van der Waals surface area contributed by atoms with Gasteiger partial charge in [0.05, 0.1) is 13.2 Å². The summed E-state index contributed by atoms with van der Waals surface area (Å²) in [5.74, 6) is -0.761. The van der Waals surface area contributed by atoms with E-state index in [1.165, 1.54) is 0 Å². The average molecular weight is 359 g/mol. The molecule has 0 amide bonds. The Morgan fingerprint density at radius 2 is 1.31 bits per heavy atom. The van der Waals surface area contributed by atoms with Crippen LogP contribution in [0, 0.1) is 0 Å². The van der Waals surface area contributed by atoms with E-state index in [0.717, 1.165) is 0 Å². The Bertz CT molecular complexity index is 617. The molecular weight excluding hydrogens is 334 g/mol. The molecule has 0 fully saturated rings. The van der Waals surface area contributed by atoms with Crippen LogP contribution in [0.2, 0.25) is 0 Å². The minimum absolute atomic E-state index is 0.0425. The molecule has 6 heteroatoms. The lowest BCUT2D eigenvalue weighted by atomic mass is 9.86. The first-order valence-corrected chi connectivity index (χ1v) is 8.57. The topological polar surface area (TPSA) is 90.2 Å². The van der Waals surface area contributed by atoms with Crippen molar-refractivity contribution in [1.29, 1.82) is 0 Å². The molecule has 2 aromatic rings. The molecule has 140 valence electrons. The van der Waals surface area contributed by atoms with Gasteiger partial charge in [0.1, 0.15) is 6.61 Å². The summed E-state index contributed by atoms with van der Waals surface area (Å²) in [6.45, 7) is 1.05. The Morgan fingerprint density at radius 3 is 1.73 bits per heavy atom. The van der Waals surface area contributed by atoms with Crippen LogP contribution >= 0.6 is 0 Å². The first-order chi connectivity index (χ1) is 12.6. The quantitative estimate of drug-likeness (QED) is 0.543. The van der Waals surface area contributed by atoms with Gasteiger partial charge in [0, 0.05) is 19.6 Å². The molecule has 0 aliphatic rings. The van der Waals surface area contributed by atoms with Gasteiger partial charge in [-0.1, -0.05) is 60.7 Å². The van der Waals surface area contributed by atoms with Crippen molar-refractivity contribution in [2.24, 2.45) is 0 Å². The van der Waals surface area contributed by atoms with Crippen LogP contribution in [0.25, 0.3) is 0 Å². The Labute approximate surface area is 153 Å². The number of carbonyl (C=O) groups is 1. The second kappa shape index (κ2) is 10.0. The van der Waals surface area contributed by atoms with E-state index in [-0.39, 0.29) is 19.8 Å². The third-order valence-corrected chi connectivity index (χ3v) is 4.15. The molecule has 2 aromatic carbocycles. The average Bonchev–Trinajstić information content (AvgIpc) is 2.69. The molecule has 0 aromatic heterocycles. The second-order valence-electron chi connectivity index (χ2n) is 5.87. The largest absolute Gasteiger partial charge is 0.462 e. The molecule has 6 nitrogen and oxygen atoms in total. The number of benzene rings is 2. The van der Waals surface area contributed by atoms with Gasteiger partial charge in [-0.2, -0.15) is 0 Å². The van der Waals surface area contributed by atoms with Gasteiger partial charge < -0.3 is 20.1 Å². The minimum atomic E-state index is -1.90. The summed E-state index contributed by atoms with van der Waals surface area (Å²) in [4.78, 5) is 14.5. The summed E-state index contributed by atoms with van der Waals surface area (Å²) in [6, 6.07) is 17.3. The SMILES string of the molecule is O=C(OCCN(CCO)CCO)C(O)(c1ccccc1)c1ccccc1. The molecule has 3 N–H and O–H groups in total. The summed E-state index contributed by atoms with van der Waals surface area (Å²) in [5, 5.41) is 29.3. The van der Waals surface area contributed by atoms with Crippen molar-refractivity contribution in [3.05, 3.63) is 71.8 Å². The third kappa shape index (κ3) is 4.89. The van der Waals surface area contributed by atoms with Crippen molar-refractivity contribution >= 4 is 5.97 Å². The fraction of sp³-hybridized carbons (Fsp3) is 0.350. The smallest absolute Gasteiger partial charge is 0.347 e. The van der Waals surface area contributed by atoms with Crippen molar-refractivity contribution in [2.75, 3.05) is 39.5 Å². The number of nitrogens with zero attached hydrogens (tertiary/aromatic N) is 1. The maximum Gasteiger partial charge on any atom is 0.347 e. The molecule has 0 spiro atoms. The van der Waals surface area contributed by atoms with Crippen molar-refractivity contribution in [1.82, 2.24) is 4.90 Å². The summed E-state index contributed by atoms with van der Waals surface area (Å²) in [5.41, 5.74) is -1.04. The number of esters is 1. The van der Waals surface area contributed by atoms with Crippen LogP contribution in [0.15, 0.2) is 60.7 Å². The zero-order valence-corrected chi connectivity index (χ0v) is 14.6. The second-order valence-corrected chi connectivity index (χ2v) is 5.87. The fourth-order valence-electron chi connectivity index (χ4n) is 2.75. The van der Waals surface area contributed by atoms with Crippen molar-refractivity contribution in [3.8, 4) is 0 Å². The molecule has 0 saturated carbocycles. The zero-order chi connectivity index (χ0) is 18.8. The van der Waals surface area contributed by atoms with Gasteiger partial charge in [-0.05, 0) is 11.1 Å². The first-order valence-electron chi connectivity index (χ1n) is 8.57. The molecular formula is C20H25NO5. The van der Waals surface area contributed by atoms with Gasteiger partial charge in [-0.15, -0.1) is 0 Å². The van der Waals surface area contributed by atoms with Gasteiger partial charge in [0.25, 0.3) is 0 Å². The number of aliphatic hydroxyl groups is 3. The molecule has 0 heterocycles. The maximum absolute atomic E-state index is 12.8. The Hall–Kier alpha value is -2.25. The molecule has 0 unspecified atom stereocenters. The molecule has 0 radical (unpaired) electrons. The number of carbonyl (C=O) groups excluding carboxylic acids is 1. The Balaban J connectivity index is 2.15. The summed E-state index contributed by atoms with van der Waals surface area (Å²) in [6.07, 6.45) is 0. The van der Waals surface area contributed by atoms with Gasteiger partial charge in [0.2, 0.25) is 5.60 Å². The van der Waals surface area contributed by atoms with E-state index >= 15 is 0 Å². The molecule has 0 aliphatic heterocycles. The van der Waals surface area contributed by atoms with Crippen LogP contribution in [-0.2, 0) is 15.1 Å². The predicted octanol–water partition coefficient (Wildman–Crippen LogP) is 0.752. The number of aliphatic hydroxyl groups excluding tert-OH is 2. The third-order valence-electron chi connectivity index (χ3n) is 4.15. The van der Waals surface area contributed by atoms with E-state index in [1.807, 2.05) is 12.1 Å². The van der Waals surface area contributed by atoms with E-state index in [0.29, 0.717) is 30.8 Å². The highest BCUT2D eigenvalue weighted by molar-refractivity contribution is 5.85. The maximum atomic E-state index is 12.8. The number of hydrogen-bond acceptors (Lipinski definition) is 6. The van der Waals surface area contributed by atoms with Crippen molar-refractivity contribution < 1.29 is 24.9 Å². The number of ether oxygens (including phenoxy) is 1. The normalized spacial score (nSPS) is 11.5. The van der Waals surface area contributed by atoms with E-state index in [1.54, 1.807) is 53.4 Å². The standard InChI is InChI=1S/C20H25NO5/c22-14-11-21(12-15-23)13-16-26-19(24)20(25,17-7-3-1-4-8-17)18-9-5-2-6-10-18/h1-10,22-23,25H,11-16H2. The van der Waals surface area contributed by atoms with Crippen LogP contribution in [0.4, 0.5) is 0 Å². The van der Waals surface area contributed by atoms with E-state index in [2.05, 4.69) is 0 Å². The van der Waals surface area contributed by atoms with Crippen molar-refractivity contribution in [3.63, 3.8) is 0 Å². The van der Waals surface area contributed by atoms with Crippen LogP contribution in [-0.4, -0.2) is 65.6 Å². The van der Waals surface area contributed by atoms with Crippen LogP contribution in [0.1, 0.15) is 11.1 Å². The van der Waals surface area contributed by atoms with Gasteiger partial charge >= 0.3 is 5.97 Å². The zero-order valence-electron chi connectivity index (χ0n) is 14.6. The lowest BCUT2D eigenvalue weighted by Crippen LogP contribution is -2.40. The van der Waals surface area contributed by atoms with Crippen molar-refractivity contribution in [2.45, 2.75) is 5.60 Å². The van der Waals surface area contributed by atoms with E-state index in [9.17, 15) is 9.90 Å². The van der Waals surface area contributed by atoms with Crippen LogP contribution in [0.5, 0.6) is 0 Å². The van der Waals surface area contributed by atoms with Gasteiger partial charge in [-0.3, -0.25) is 4.90 Å². The summed E-state index contributed by atoms with van der Waals surface area (Å²) < 4.78 is 5.35. The lowest BCUT2D eigenvalue weighted by Gasteiger charge is -2.28. The summed E-state index contributed by atoms with van der Waals surface area (Å²) in [7, 11) is 0. The molecule has 0 aliphatic carbocycles. The number of rotatable bonds is 10. The molecule has 0 saturated heterocycles. The fourth-order valence-corrected chi connectivity index (χ4v) is 2.75. The highest BCUT2D eigenvalue weighted by Gasteiger charge is 2.41. The molecule has 0 atom stereocenters. The van der Waals surface area contributed by atoms with Gasteiger partial charge in [0.15, 0.2) is 0 Å². The van der Waals surface area contributed by atoms with Crippen LogP contribution < -0.4 is 0 Å². The van der Waals surface area contributed by atoms with Crippen LogP contribution in [0.3, 0.4) is 0 Å². The summed E-state index contributed by atoms with van der Waals surface area (Å²) >= 11 is 0. The Kier molecular flexibility index (Phi) is 7.74. The van der Waals surface area contributed by atoms with Gasteiger partial charge in [-0.25, -0.2) is 4.79 Å². The molecule has 0 bridgehead atoms. The lowest BCUT2D eigenvalue weighted by molar-refractivity contribution is -0.162. The highest BCUT2D eigenvalue weighted by Crippen LogP contribution is 2.30. The molecule has 26 heavy (non-hydrogen) atoms. The highest BCUT2D eigenvalue weighted by atomic mass is 16.5. The monoisotopic (exact) mass is 359 g/mol. The first kappa shape index (κ1) is 20.1. The molecule has 2 rings (SSSR count). The number of hydrogen-bond donors (Lipinski definition) is 3. The minimum Gasteiger partial charge on any atom is -0.462 e. The van der Waals surface area contributed by atoms with E-state index in [4.69, 9.17) is 14.9 Å². The Morgan fingerprint density at radius 1 is 0.846 bits per heavy atom. The predicted molar refractivity (Wildman–Crippen MR) is 97.5 cm³/mol. The van der Waals surface area contributed by atoms with E-state index < -0.39 is 11.6 Å².